The van der Waals surface area contributed by atoms with Gasteiger partial charge in [0.1, 0.15) is 0 Å². The van der Waals surface area contributed by atoms with Crippen LogP contribution in [0.2, 0.25) is 0 Å². The lowest BCUT2D eigenvalue weighted by Crippen LogP contribution is -2.05. The molecule has 0 aliphatic heterocycles. The quantitative estimate of drug-likeness (QED) is 0.550. The van der Waals surface area contributed by atoms with E-state index in [2.05, 4.69) is 10.1 Å². The number of isocyanates is 1. The highest BCUT2D eigenvalue weighted by atomic mass is 16.1. The first kappa shape index (κ1) is 10.1. The summed E-state index contributed by atoms with van der Waals surface area (Å²) >= 11 is 0. The number of nitrogens with zero attached hydrogens (tertiary/aromatic N) is 3. The number of hydrogen-bond donors (Lipinski definition) is 0. The minimum atomic E-state index is 0.556. The molecule has 0 spiro atoms. The van der Waals surface area contributed by atoms with Gasteiger partial charge in [0.2, 0.25) is 6.08 Å². The highest BCUT2D eigenvalue weighted by molar-refractivity contribution is 5.45. The second-order valence-corrected chi connectivity index (χ2v) is 4.09. The van der Waals surface area contributed by atoms with Crippen molar-refractivity contribution < 1.29 is 4.79 Å². The fourth-order valence-electron chi connectivity index (χ4n) is 2.23. The summed E-state index contributed by atoms with van der Waals surface area (Å²) in [6, 6.07) is 1.90. The Balaban J connectivity index is 2.20. The van der Waals surface area contributed by atoms with Gasteiger partial charge in [-0.15, -0.1) is 4.99 Å². The van der Waals surface area contributed by atoms with Gasteiger partial charge in [-0.2, -0.15) is 5.10 Å². The SMILES string of the molecule is Cn1nc(C2CCCCC2)cc1N=C=O. The summed E-state index contributed by atoms with van der Waals surface area (Å²) in [5, 5.41) is 4.40. The Kier molecular flexibility index (Phi) is 2.97. The first-order chi connectivity index (χ1) is 7.31. The zero-order chi connectivity index (χ0) is 10.7. The van der Waals surface area contributed by atoms with E-state index in [4.69, 9.17) is 0 Å². The molecule has 1 aromatic rings. The topological polar surface area (TPSA) is 47.2 Å². The number of rotatable bonds is 2. The first-order valence-electron chi connectivity index (χ1n) is 5.43. The van der Waals surface area contributed by atoms with Crippen LogP contribution in [-0.4, -0.2) is 15.9 Å². The third kappa shape index (κ3) is 2.16. The van der Waals surface area contributed by atoms with E-state index in [9.17, 15) is 4.79 Å². The summed E-state index contributed by atoms with van der Waals surface area (Å²) in [5.41, 5.74) is 1.08. The van der Waals surface area contributed by atoms with Crippen molar-refractivity contribution >= 4 is 11.9 Å². The van der Waals surface area contributed by atoms with Crippen LogP contribution in [0.25, 0.3) is 0 Å². The van der Waals surface area contributed by atoms with Crippen LogP contribution in [0.3, 0.4) is 0 Å². The molecule has 0 N–H and O–H groups in total. The van der Waals surface area contributed by atoms with Crippen LogP contribution in [0, 0.1) is 0 Å². The fraction of sp³-hybridized carbons (Fsp3) is 0.636. The normalized spacial score (nSPS) is 17.4. The lowest BCUT2D eigenvalue weighted by molar-refractivity contribution is 0.433. The van der Waals surface area contributed by atoms with Gasteiger partial charge in [0, 0.05) is 19.0 Å². The standard InChI is InChI=1S/C11H15N3O/c1-14-11(12-8-15)7-10(13-14)9-5-3-2-4-6-9/h7,9H,2-6H2,1H3. The lowest BCUT2D eigenvalue weighted by Gasteiger charge is -2.19. The zero-order valence-corrected chi connectivity index (χ0v) is 8.94. The van der Waals surface area contributed by atoms with Crippen molar-refractivity contribution in [2.45, 2.75) is 38.0 Å². The van der Waals surface area contributed by atoms with Gasteiger partial charge in [-0.1, -0.05) is 19.3 Å². The number of carbonyl (C=O) groups excluding carboxylic acids is 1. The number of aromatic nitrogens is 2. The molecule has 0 saturated heterocycles. The van der Waals surface area contributed by atoms with Crippen molar-refractivity contribution in [1.82, 2.24) is 9.78 Å². The largest absolute Gasteiger partial charge is 0.250 e. The summed E-state index contributed by atoms with van der Waals surface area (Å²) in [4.78, 5) is 13.8. The molecule has 1 fully saturated rings. The Hall–Kier alpha value is -1.41. The monoisotopic (exact) mass is 205 g/mol. The molecular weight excluding hydrogens is 190 g/mol. The maximum atomic E-state index is 10.2. The van der Waals surface area contributed by atoms with Crippen molar-refractivity contribution in [2.24, 2.45) is 12.0 Å². The molecule has 0 amide bonds. The van der Waals surface area contributed by atoms with E-state index >= 15 is 0 Å². The summed E-state index contributed by atoms with van der Waals surface area (Å²) in [6.07, 6.45) is 7.88. The van der Waals surface area contributed by atoms with Crippen LogP contribution in [-0.2, 0) is 11.8 Å². The Morgan fingerprint density at radius 1 is 1.47 bits per heavy atom. The maximum Gasteiger partial charge on any atom is 0.242 e. The molecule has 80 valence electrons. The zero-order valence-electron chi connectivity index (χ0n) is 8.94. The molecule has 1 saturated carbocycles. The fourth-order valence-corrected chi connectivity index (χ4v) is 2.23. The summed E-state index contributed by atoms with van der Waals surface area (Å²) in [6.45, 7) is 0. The summed E-state index contributed by atoms with van der Waals surface area (Å²) < 4.78 is 1.65. The molecule has 1 aliphatic carbocycles. The van der Waals surface area contributed by atoms with Crippen molar-refractivity contribution in [3.63, 3.8) is 0 Å². The van der Waals surface area contributed by atoms with Crippen LogP contribution in [0.5, 0.6) is 0 Å². The van der Waals surface area contributed by atoms with Gasteiger partial charge in [-0.3, -0.25) is 0 Å². The van der Waals surface area contributed by atoms with Crippen molar-refractivity contribution in [1.29, 1.82) is 0 Å². The van der Waals surface area contributed by atoms with E-state index in [-0.39, 0.29) is 0 Å². The number of aliphatic imine (C=N–C) groups is 1. The molecule has 1 aromatic heterocycles. The van der Waals surface area contributed by atoms with Crippen LogP contribution >= 0.6 is 0 Å². The van der Waals surface area contributed by atoms with E-state index in [0.29, 0.717) is 11.7 Å². The van der Waals surface area contributed by atoms with E-state index in [0.717, 1.165) is 5.69 Å². The van der Waals surface area contributed by atoms with E-state index in [1.54, 1.807) is 10.8 Å². The van der Waals surface area contributed by atoms with Gasteiger partial charge >= 0.3 is 0 Å². The molecule has 4 heteroatoms. The molecule has 4 nitrogen and oxygen atoms in total. The third-order valence-electron chi connectivity index (χ3n) is 3.06. The number of hydrogen-bond acceptors (Lipinski definition) is 3. The molecule has 15 heavy (non-hydrogen) atoms. The molecular formula is C11H15N3O. The lowest BCUT2D eigenvalue weighted by atomic mass is 9.87. The smallest absolute Gasteiger partial charge is 0.242 e. The summed E-state index contributed by atoms with van der Waals surface area (Å²) in [7, 11) is 1.81. The van der Waals surface area contributed by atoms with Crippen molar-refractivity contribution in [2.75, 3.05) is 0 Å². The molecule has 0 bridgehead atoms. The van der Waals surface area contributed by atoms with Crippen molar-refractivity contribution in [3.8, 4) is 0 Å². The van der Waals surface area contributed by atoms with Crippen LogP contribution < -0.4 is 0 Å². The highest BCUT2D eigenvalue weighted by Gasteiger charge is 2.18. The Morgan fingerprint density at radius 2 is 2.20 bits per heavy atom. The molecule has 2 rings (SSSR count). The molecule has 0 aromatic carbocycles. The summed E-state index contributed by atoms with van der Waals surface area (Å²) in [5.74, 6) is 1.16. The average molecular weight is 205 g/mol. The van der Waals surface area contributed by atoms with Gasteiger partial charge in [0.25, 0.3) is 0 Å². The Bertz CT molecular complexity index is 385. The Morgan fingerprint density at radius 3 is 2.87 bits per heavy atom. The molecule has 0 unspecified atom stereocenters. The van der Waals surface area contributed by atoms with Gasteiger partial charge < -0.3 is 0 Å². The van der Waals surface area contributed by atoms with Gasteiger partial charge in [0.05, 0.1) is 5.69 Å². The minimum absolute atomic E-state index is 0.556. The van der Waals surface area contributed by atoms with E-state index in [1.807, 2.05) is 13.1 Å². The molecule has 1 heterocycles. The van der Waals surface area contributed by atoms with Crippen LogP contribution in [0.1, 0.15) is 43.7 Å². The molecule has 1 aliphatic rings. The predicted molar refractivity (Wildman–Crippen MR) is 56.8 cm³/mol. The highest BCUT2D eigenvalue weighted by Crippen LogP contribution is 2.33. The maximum absolute atomic E-state index is 10.2. The predicted octanol–water partition coefficient (Wildman–Crippen LogP) is 2.44. The average Bonchev–Trinajstić information content (AvgIpc) is 2.63. The van der Waals surface area contributed by atoms with Crippen molar-refractivity contribution in [3.05, 3.63) is 11.8 Å². The molecule has 0 radical (unpaired) electrons. The second kappa shape index (κ2) is 4.41. The van der Waals surface area contributed by atoms with E-state index in [1.165, 1.54) is 32.1 Å². The van der Waals surface area contributed by atoms with Gasteiger partial charge in [-0.05, 0) is 12.8 Å². The van der Waals surface area contributed by atoms with E-state index < -0.39 is 0 Å². The van der Waals surface area contributed by atoms with Gasteiger partial charge in [-0.25, -0.2) is 9.48 Å². The van der Waals surface area contributed by atoms with Gasteiger partial charge in [0.15, 0.2) is 5.82 Å². The minimum Gasteiger partial charge on any atom is -0.250 e. The van der Waals surface area contributed by atoms with Crippen LogP contribution in [0.15, 0.2) is 11.1 Å². The second-order valence-electron chi connectivity index (χ2n) is 4.09. The third-order valence-corrected chi connectivity index (χ3v) is 3.06. The van der Waals surface area contributed by atoms with Crippen LogP contribution in [0.4, 0.5) is 5.82 Å². The first-order valence-corrected chi connectivity index (χ1v) is 5.43. The Labute approximate surface area is 89.0 Å². The number of aryl methyl sites for hydroxylation is 1. The molecule has 0 atom stereocenters.